The van der Waals surface area contributed by atoms with Crippen LogP contribution in [0.4, 0.5) is 4.39 Å². The number of carboxylic acids is 1. The Bertz CT molecular complexity index is 640. The van der Waals surface area contributed by atoms with Gasteiger partial charge in [-0.1, -0.05) is 6.92 Å². The van der Waals surface area contributed by atoms with Crippen molar-refractivity contribution in [2.45, 2.75) is 24.0 Å². The lowest BCUT2D eigenvalue weighted by molar-refractivity contribution is 0.0696. The molecule has 0 spiro atoms. The molecule has 0 atom stereocenters. The second-order valence-electron chi connectivity index (χ2n) is 4.34. The van der Waals surface area contributed by atoms with E-state index in [0.29, 0.717) is 10.6 Å². The predicted molar refractivity (Wildman–Crippen MR) is 75.5 cm³/mol. The fraction of sp³-hybridized carbons (Fsp3) is 0.286. The van der Waals surface area contributed by atoms with E-state index in [-0.39, 0.29) is 5.56 Å². The van der Waals surface area contributed by atoms with Gasteiger partial charge in [-0.3, -0.25) is 4.68 Å². The first-order chi connectivity index (χ1) is 9.51. The number of rotatable bonds is 5. The summed E-state index contributed by atoms with van der Waals surface area (Å²) in [6, 6.07) is 5.79. The van der Waals surface area contributed by atoms with Gasteiger partial charge in [0.1, 0.15) is 5.82 Å². The zero-order valence-electron chi connectivity index (χ0n) is 11.3. The van der Waals surface area contributed by atoms with Crippen molar-refractivity contribution in [3.63, 3.8) is 0 Å². The SMILES string of the molecule is CCc1cc(CSc2cc(C(=O)O)ccc2F)n(C)n1. The molecule has 1 aromatic heterocycles. The molecule has 0 aliphatic carbocycles. The summed E-state index contributed by atoms with van der Waals surface area (Å²) < 4.78 is 15.4. The van der Waals surface area contributed by atoms with Crippen LogP contribution in [0.2, 0.25) is 0 Å². The Labute approximate surface area is 120 Å². The first-order valence-electron chi connectivity index (χ1n) is 6.18. The smallest absolute Gasteiger partial charge is 0.335 e. The van der Waals surface area contributed by atoms with Crippen molar-refractivity contribution in [1.82, 2.24) is 9.78 Å². The molecular weight excluding hydrogens is 279 g/mol. The highest BCUT2D eigenvalue weighted by Crippen LogP contribution is 2.26. The van der Waals surface area contributed by atoms with Gasteiger partial charge in [-0.15, -0.1) is 11.8 Å². The second-order valence-corrected chi connectivity index (χ2v) is 5.36. The van der Waals surface area contributed by atoms with Gasteiger partial charge >= 0.3 is 5.97 Å². The van der Waals surface area contributed by atoms with Gasteiger partial charge in [0.2, 0.25) is 0 Å². The summed E-state index contributed by atoms with van der Waals surface area (Å²) in [7, 11) is 1.85. The van der Waals surface area contributed by atoms with E-state index >= 15 is 0 Å². The average Bonchev–Trinajstić information content (AvgIpc) is 2.78. The Balaban J connectivity index is 2.15. The molecule has 6 heteroatoms. The standard InChI is InChI=1S/C14H15FN2O2S/c1-3-10-7-11(17(2)16-10)8-20-13-6-9(14(18)19)4-5-12(13)15/h4-7H,3,8H2,1-2H3,(H,18,19). The van der Waals surface area contributed by atoms with Gasteiger partial charge < -0.3 is 5.11 Å². The van der Waals surface area contributed by atoms with Crippen LogP contribution in [-0.2, 0) is 19.2 Å². The zero-order valence-corrected chi connectivity index (χ0v) is 12.1. The Morgan fingerprint density at radius 2 is 2.20 bits per heavy atom. The zero-order chi connectivity index (χ0) is 14.7. The molecule has 0 saturated heterocycles. The highest BCUT2D eigenvalue weighted by atomic mass is 32.2. The number of aromatic carboxylic acids is 1. The van der Waals surface area contributed by atoms with E-state index in [1.165, 1.54) is 30.0 Å². The Hall–Kier alpha value is -1.82. The predicted octanol–water partition coefficient (Wildman–Crippen LogP) is 3.11. The second kappa shape index (κ2) is 6.09. The fourth-order valence-electron chi connectivity index (χ4n) is 1.78. The van der Waals surface area contributed by atoms with E-state index in [2.05, 4.69) is 5.10 Å². The molecule has 0 amide bonds. The molecule has 1 heterocycles. The minimum absolute atomic E-state index is 0.0909. The monoisotopic (exact) mass is 294 g/mol. The van der Waals surface area contributed by atoms with Gasteiger partial charge in [0.25, 0.3) is 0 Å². The molecule has 0 bridgehead atoms. The third-order valence-corrected chi connectivity index (χ3v) is 4.01. The molecule has 1 N–H and O–H groups in total. The molecule has 2 rings (SSSR count). The van der Waals surface area contributed by atoms with Crippen LogP contribution < -0.4 is 0 Å². The molecule has 0 saturated carbocycles. The largest absolute Gasteiger partial charge is 0.478 e. The van der Waals surface area contributed by atoms with E-state index in [9.17, 15) is 9.18 Å². The number of aryl methyl sites for hydroxylation is 2. The van der Waals surface area contributed by atoms with Gasteiger partial charge in [0, 0.05) is 23.4 Å². The van der Waals surface area contributed by atoms with Crippen LogP contribution in [0.25, 0.3) is 0 Å². The third kappa shape index (κ3) is 3.19. The lowest BCUT2D eigenvalue weighted by Crippen LogP contribution is -1.99. The summed E-state index contributed by atoms with van der Waals surface area (Å²) in [6.45, 7) is 2.02. The molecule has 106 valence electrons. The number of thioether (sulfide) groups is 1. The molecule has 2 aromatic rings. The molecule has 0 unspecified atom stereocenters. The van der Waals surface area contributed by atoms with Crippen molar-refractivity contribution >= 4 is 17.7 Å². The summed E-state index contributed by atoms with van der Waals surface area (Å²) in [5.41, 5.74) is 2.06. The summed E-state index contributed by atoms with van der Waals surface area (Å²) in [5, 5.41) is 13.2. The number of nitrogens with zero attached hydrogens (tertiary/aromatic N) is 2. The van der Waals surface area contributed by atoms with Crippen molar-refractivity contribution in [2.75, 3.05) is 0 Å². The van der Waals surface area contributed by atoms with Crippen LogP contribution in [0.15, 0.2) is 29.2 Å². The molecule has 0 aliphatic rings. The van der Waals surface area contributed by atoms with Crippen LogP contribution in [0.5, 0.6) is 0 Å². The van der Waals surface area contributed by atoms with Crippen molar-refractivity contribution in [2.24, 2.45) is 7.05 Å². The van der Waals surface area contributed by atoms with Gasteiger partial charge in [-0.05, 0) is 30.7 Å². The molecule has 0 aliphatic heterocycles. The number of halogens is 1. The minimum Gasteiger partial charge on any atom is -0.478 e. The van der Waals surface area contributed by atoms with E-state index in [1.807, 2.05) is 20.0 Å². The molecule has 20 heavy (non-hydrogen) atoms. The van der Waals surface area contributed by atoms with Crippen LogP contribution in [0, 0.1) is 5.82 Å². The van der Waals surface area contributed by atoms with Gasteiger partial charge in [-0.25, -0.2) is 9.18 Å². The number of benzene rings is 1. The van der Waals surface area contributed by atoms with Crippen molar-refractivity contribution in [1.29, 1.82) is 0 Å². The van der Waals surface area contributed by atoms with Crippen molar-refractivity contribution < 1.29 is 14.3 Å². The first-order valence-corrected chi connectivity index (χ1v) is 7.17. The van der Waals surface area contributed by atoms with Gasteiger partial charge in [0.05, 0.1) is 11.3 Å². The van der Waals surface area contributed by atoms with Gasteiger partial charge in [-0.2, -0.15) is 5.10 Å². The Morgan fingerprint density at radius 1 is 1.45 bits per heavy atom. The van der Waals surface area contributed by atoms with Crippen molar-refractivity contribution in [3.8, 4) is 0 Å². The number of carbonyl (C=O) groups is 1. The number of hydrogen-bond acceptors (Lipinski definition) is 3. The lowest BCUT2D eigenvalue weighted by atomic mass is 10.2. The van der Waals surface area contributed by atoms with Crippen molar-refractivity contribution in [3.05, 3.63) is 47.0 Å². The fourth-order valence-corrected chi connectivity index (χ4v) is 2.77. The van der Waals surface area contributed by atoms with Crippen LogP contribution in [-0.4, -0.2) is 20.9 Å². The normalized spacial score (nSPS) is 10.8. The van der Waals surface area contributed by atoms with Crippen LogP contribution >= 0.6 is 11.8 Å². The maximum absolute atomic E-state index is 13.7. The van der Waals surface area contributed by atoms with E-state index in [0.717, 1.165) is 17.8 Å². The van der Waals surface area contributed by atoms with E-state index < -0.39 is 11.8 Å². The quantitative estimate of drug-likeness (QED) is 0.861. The topological polar surface area (TPSA) is 55.1 Å². The number of aromatic nitrogens is 2. The number of carboxylic acid groups (broad SMARTS) is 1. The first kappa shape index (κ1) is 14.6. The van der Waals surface area contributed by atoms with E-state index in [4.69, 9.17) is 5.11 Å². The summed E-state index contributed by atoms with van der Waals surface area (Å²) in [6.07, 6.45) is 0.849. The molecule has 1 aromatic carbocycles. The summed E-state index contributed by atoms with van der Waals surface area (Å²) in [5.74, 6) is -0.915. The maximum atomic E-state index is 13.7. The van der Waals surface area contributed by atoms with E-state index in [1.54, 1.807) is 4.68 Å². The minimum atomic E-state index is -1.05. The molecule has 4 nitrogen and oxygen atoms in total. The molecular formula is C14H15FN2O2S. The average molecular weight is 294 g/mol. The molecule has 0 fully saturated rings. The summed E-state index contributed by atoms with van der Waals surface area (Å²) >= 11 is 1.27. The number of hydrogen-bond donors (Lipinski definition) is 1. The maximum Gasteiger partial charge on any atom is 0.335 e. The Kier molecular flexibility index (Phi) is 4.44. The Morgan fingerprint density at radius 3 is 2.80 bits per heavy atom. The third-order valence-electron chi connectivity index (χ3n) is 2.94. The lowest BCUT2D eigenvalue weighted by Gasteiger charge is -2.05. The molecule has 0 radical (unpaired) electrons. The van der Waals surface area contributed by atoms with Crippen LogP contribution in [0.1, 0.15) is 28.7 Å². The highest BCUT2D eigenvalue weighted by molar-refractivity contribution is 7.98. The van der Waals surface area contributed by atoms with Crippen LogP contribution in [0.3, 0.4) is 0 Å². The summed E-state index contributed by atoms with van der Waals surface area (Å²) in [4.78, 5) is 11.2. The van der Waals surface area contributed by atoms with Gasteiger partial charge in [0.15, 0.2) is 0 Å². The highest BCUT2D eigenvalue weighted by Gasteiger charge is 2.11.